The van der Waals surface area contributed by atoms with Gasteiger partial charge in [0.2, 0.25) is 10.0 Å². The number of hydrogen-bond donors (Lipinski definition) is 1. The molecular weight excluding hydrogens is 322 g/mol. The zero-order valence-electron chi connectivity index (χ0n) is 14.8. The van der Waals surface area contributed by atoms with Crippen LogP contribution in [0.1, 0.15) is 70.6 Å². The normalized spacial score (nSPS) is 19.2. The van der Waals surface area contributed by atoms with Crippen LogP contribution in [0.3, 0.4) is 0 Å². The summed E-state index contributed by atoms with van der Waals surface area (Å²) in [6.07, 6.45) is 13.1. The quantitative estimate of drug-likeness (QED) is 0.857. The average Bonchev–Trinajstić information content (AvgIpc) is 2.57. The van der Waals surface area contributed by atoms with Crippen molar-refractivity contribution in [1.29, 1.82) is 0 Å². The lowest BCUT2D eigenvalue weighted by atomic mass is 9.98. The summed E-state index contributed by atoms with van der Waals surface area (Å²) in [4.78, 5) is 0.314. The minimum atomic E-state index is -3.46. The Morgan fingerprint density at radius 2 is 1.29 bits per heavy atom. The average molecular weight is 354 g/mol. The molecule has 1 aliphatic rings. The number of nitrogens with one attached hydrogen (secondary N) is 1. The summed E-state index contributed by atoms with van der Waals surface area (Å²) in [5, 5.41) is 0. The summed E-state index contributed by atoms with van der Waals surface area (Å²) in [5.74, 6) is 0.667. The van der Waals surface area contributed by atoms with Crippen molar-refractivity contribution >= 4 is 10.0 Å². The third-order valence-corrected chi connectivity index (χ3v) is 6.33. The molecule has 0 unspecified atom stereocenters. The van der Waals surface area contributed by atoms with Crippen LogP contribution < -0.4 is 9.46 Å². The first kappa shape index (κ1) is 19.3. The molecule has 1 aromatic rings. The van der Waals surface area contributed by atoms with Crippen LogP contribution in [0.4, 0.5) is 0 Å². The maximum atomic E-state index is 12.6. The smallest absolute Gasteiger partial charge is 0.240 e. The highest BCUT2D eigenvalue weighted by molar-refractivity contribution is 7.89. The Labute approximate surface area is 147 Å². The molecule has 0 amide bonds. The summed E-state index contributed by atoms with van der Waals surface area (Å²) < 4.78 is 33.3. The molecule has 0 saturated heterocycles. The second-order valence-electron chi connectivity index (χ2n) is 6.75. The van der Waals surface area contributed by atoms with E-state index in [-0.39, 0.29) is 6.04 Å². The zero-order valence-corrected chi connectivity index (χ0v) is 15.6. The summed E-state index contributed by atoms with van der Waals surface area (Å²) in [6, 6.07) is 6.65. The van der Waals surface area contributed by atoms with Gasteiger partial charge in [0.05, 0.1) is 12.0 Å². The molecule has 0 aromatic heterocycles. The second kappa shape index (κ2) is 10.0. The van der Waals surface area contributed by atoms with E-state index in [1.54, 1.807) is 31.4 Å². The molecule has 2 rings (SSSR count). The number of sulfonamides is 1. The topological polar surface area (TPSA) is 55.4 Å². The fourth-order valence-electron chi connectivity index (χ4n) is 3.32. The van der Waals surface area contributed by atoms with Gasteiger partial charge in [-0.2, -0.15) is 0 Å². The van der Waals surface area contributed by atoms with E-state index in [1.807, 2.05) is 0 Å². The van der Waals surface area contributed by atoms with E-state index in [4.69, 9.17) is 4.74 Å². The van der Waals surface area contributed by atoms with Crippen molar-refractivity contribution in [3.63, 3.8) is 0 Å². The van der Waals surface area contributed by atoms with E-state index in [1.165, 1.54) is 44.9 Å². The lowest BCUT2D eigenvalue weighted by Crippen LogP contribution is -2.34. The Morgan fingerprint density at radius 1 is 0.833 bits per heavy atom. The Hall–Kier alpha value is -1.07. The number of benzene rings is 1. The van der Waals surface area contributed by atoms with Gasteiger partial charge in [0.25, 0.3) is 0 Å². The molecule has 0 heterocycles. The van der Waals surface area contributed by atoms with Gasteiger partial charge in [-0.1, -0.05) is 57.8 Å². The molecule has 0 radical (unpaired) electrons. The van der Waals surface area contributed by atoms with Crippen LogP contribution in [0.25, 0.3) is 0 Å². The van der Waals surface area contributed by atoms with Gasteiger partial charge in [0, 0.05) is 6.04 Å². The highest BCUT2D eigenvalue weighted by Crippen LogP contribution is 2.20. The summed E-state index contributed by atoms with van der Waals surface area (Å²) in [6.45, 7) is 0. The summed E-state index contributed by atoms with van der Waals surface area (Å²) in [7, 11) is -1.88. The first-order chi connectivity index (χ1) is 11.6. The molecule has 1 N–H and O–H groups in total. The SMILES string of the molecule is COc1ccc(S(=O)(=O)NC2CCCCCCCCCCC2)cc1. The molecular formula is C19H31NO3S. The Bertz CT molecular complexity index is 557. The van der Waals surface area contributed by atoms with Crippen molar-refractivity contribution in [2.24, 2.45) is 0 Å². The maximum Gasteiger partial charge on any atom is 0.240 e. The molecule has 5 heteroatoms. The van der Waals surface area contributed by atoms with Gasteiger partial charge in [-0.15, -0.1) is 0 Å². The van der Waals surface area contributed by atoms with Crippen molar-refractivity contribution in [3.8, 4) is 5.75 Å². The molecule has 0 bridgehead atoms. The van der Waals surface area contributed by atoms with Crippen LogP contribution in [-0.2, 0) is 10.0 Å². The lowest BCUT2D eigenvalue weighted by Gasteiger charge is -2.19. The minimum absolute atomic E-state index is 0.0523. The van der Waals surface area contributed by atoms with Gasteiger partial charge in [-0.3, -0.25) is 0 Å². The first-order valence-electron chi connectivity index (χ1n) is 9.28. The maximum absolute atomic E-state index is 12.6. The molecule has 1 aromatic carbocycles. The molecule has 1 aliphatic carbocycles. The number of methoxy groups -OCH3 is 1. The highest BCUT2D eigenvalue weighted by Gasteiger charge is 2.20. The Balaban J connectivity index is 1.97. The largest absolute Gasteiger partial charge is 0.497 e. The fraction of sp³-hybridized carbons (Fsp3) is 0.684. The fourth-order valence-corrected chi connectivity index (χ4v) is 4.63. The predicted octanol–water partition coefficient (Wildman–Crippen LogP) is 4.65. The zero-order chi connectivity index (χ0) is 17.3. The predicted molar refractivity (Wildman–Crippen MR) is 97.9 cm³/mol. The number of hydrogen-bond acceptors (Lipinski definition) is 3. The van der Waals surface area contributed by atoms with Crippen LogP contribution in [0.5, 0.6) is 5.75 Å². The molecule has 1 saturated carbocycles. The third-order valence-electron chi connectivity index (χ3n) is 4.80. The highest BCUT2D eigenvalue weighted by atomic mass is 32.2. The monoisotopic (exact) mass is 353 g/mol. The van der Waals surface area contributed by atoms with E-state index in [9.17, 15) is 8.42 Å². The van der Waals surface area contributed by atoms with Gasteiger partial charge in [-0.05, 0) is 37.1 Å². The van der Waals surface area contributed by atoms with Crippen molar-refractivity contribution in [2.75, 3.05) is 7.11 Å². The van der Waals surface area contributed by atoms with Crippen molar-refractivity contribution < 1.29 is 13.2 Å². The molecule has 4 nitrogen and oxygen atoms in total. The summed E-state index contributed by atoms with van der Waals surface area (Å²) >= 11 is 0. The van der Waals surface area contributed by atoms with Crippen LogP contribution in [0.15, 0.2) is 29.2 Å². The second-order valence-corrected chi connectivity index (χ2v) is 8.47. The molecule has 24 heavy (non-hydrogen) atoms. The standard InChI is InChI=1S/C19H31NO3S/c1-23-18-13-15-19(16-14-18)24(21,22)20-17-11-9-7-5-3-2-4-6-8-10-12-17/h13-17,20H,2-12H2,1H3. The van der Waals surface area contributed by atoms with E-state index in [0.29, 0.717) is 10.6 Å². The van der Waals surface area contributed by atoms with Gasteiger partial charge in [-0.25, -0.2) is 13.1 Å². The van der Waals surface area contributed by atoms with Crippen molar-refractivity contribution in [1.82, 2.24) is 4.72 Å². The van der Waals surface area contributed by atoms with Gasteiger partial charge in [0.15, 0.2) is 0 Å². The molecule has 0 aliphatic heterocycles. The Kier molecular flexibility index (Phi) is 8.06. The van der Waals surface area contributed by atoms with E-state index in [2.05, 4.69) is 4.72 Å². The van der Waals surface area contributed by atoms with Gasteiger partial charge >= 0.3 is 0 Å². The van der Waals surface area contributed by atoms with Crippen LogP contribution >= 0.6 is 0 Å². The third kappa shape index (κ3) is 6.44. The summed E-state index contributed by atoms with van der Waals surface area (Å²) in [5.41, 5.74) is 0. The van der Waals surface area contributed by atoms with Crippen LogP contribution in [0.2, 0.25) is 0 Å². The first-order valence-corrected chi connectivity index (χ1v) is 10.8. The van der Waals surface area contributed by atoms with Crippen molar-refractivity contribution in [3.05, 3.63) is 24.3 Å². The number of rotatable bonds is 4. The lowest BCUT2D eigenvalue weighted by molar-refractivity contribution is 0.414. The van der Waals surface area contributed by atoms with Crippen molar-refractivity contribution in [2.45, 2.75) is 81.6 Å². The number of ether oxygens (including phenoxy) is 1. The Morgan fingerprint density at radius 3 is 1.75 bits per heavy atom. The van der Waals surface area contributed by atoms with Crippen LogP contribution in [0, 0.1) is 0 Å². The molecule has 0 atom stereocenters. The molecule has 0 spiro atoms. The van der Waals surface area contributed by atoms with E-state index >= 15 is 0 Å². The van der Waals surface area contributed by atoms with Gasteiger partial charge < -0.3 is 4.74 Å². The molecule has 136 valence electrons. The molecule has 1 fully saturated rings. The van der Waals surface area contributed by atoms with E-state index in [0.717, 1.165) is 25.7 Å². The van der Waals surface area contributed by atoms with Crippen LogP contribution in [-0.4, -0.2) is 21.6 Å². The van der Waals surface area contributed by atoms with E-state index < -0.39 is 10.0 Å². The van der Waals surface area contributed by atoms with Gasteiger partial charge in [0.1, 0.15) is 5.75 Å². The minimum Gasteiger partial charge on any atom is -0.497 e.